The van der Waals surface area contributed by atoms with Crippen LogP contribution in [0.2, 0.25) is 18.1 Å². The van der Waals surface area contributed by atoms with Crippen molar-refractivity contribution in [3.8, 4) is 11.5 Å². The van der Waals surface area contributed by atoms with Gasteiger partial charge in [-0.05, 0) is 121 Å². The highest BCUT2D eigenvalue weighted by Crippen LogP contribution is 2.50. The van der Waals surface area contributed by atoms with Crippen molar-refractivity contribution in [3.63, 3.8) is 0 Å². The Balaban J connectivity index is 0.989. The Bertz CT molecular complexity index is 2070. The minimum Gasteiger partial charge on any atom is -0.506 e. The highest BCUT2D eigenvalue weighted by Gasteiger charge is 2.53. The summed E-state index contributed by atoms with van der Waals surface area (Å²) in [5.41, 5.74) is 1.21. The maximum absolute atomic E-state index is 13.4. The van der Waals surface area contributed by atoms with Crippen LogP contribution in [0.25, 0.3) is 10.9 Å². The van der Waals surface area contributed by atoms with Crippen molar-refractivity contribution < 1.29 is 29.2 Å². The average Bonchev–Trinajstić information content (AvgIpc) is 3.94. The quantitative estimate of drug-likeness (QED) is 0.0313. The smallest absolute Gasteiger partial charge is 0.358 e. The van der Waals surface area contributed by atoms with Gasteiger partial charge in [-0.25, -0.2) is 4.79 Å². The maximum Gasteiger partial charge on any atom is 0.358 e. The molecule has 57 heavy (non-hydrogen) atoms. The first kappa shape index (κ1) is 42.8. The molecule has 10 nitrogen and oxygen atoms in total. The molecule has 6 rings (SSSR count). The largest absolute Gasteiger partial charge is 0.506 e. The van der Waals surface area contributed by atoms with Crippen LogP contribution in [0.4, 0.5) is 0 Å². The number of aromatic hydroxyl groups is 1. The van der Waals surface area contributed by atoms with Gasteiger partial charge in [0.2, 0.25) is 5.56 Å². The van der Waals surface area contributed by atoms with Crippen molar-refractivity contribution in [3.05, 3.63) is 115 Å². The fourth-order valence-electron chi connectivity index (χ4n) is 7.94. The zero-order chi connectivity index (χ0) is 40.8. The molecular weight excluding hydrogens is 775 g/mol. The lowest BCUT2D eigenvalue weighted by Crippen LogP contribution is -2.47. The molecular formula is C44H57N3O7S2Si. The summed E-state index contributed by atoms with van der Waals surface area (Å²) >= 11 is 3.08. The van der Waals surface area contributed by atoms with Gasteiger partial charge < -0.3 is 29.5 Å². The van der Waals surface area contributed by atoms with Crippen molar-refractivity contribution in [1.29, 1.82) is 0 Å². The van der Waals surface area contributed by atoms with Gasteiger partial charge in [0.15, 0.2) is 8.32 Å². The van der Waals surface area contributed by atoms with Crippen LogP contribution in [0.5, 0.6) is 11.5 Å². The molecule has 1 aliphatic rings. The molecule has 0 amide bonds. The molecule has 1 atom stereocenters. The van der Waals surface area contributed by atoms with Crippen LogP contribution >= 0.6 is 22.7 Å². The normalized spacial score (nSPS) is 17.2. The number of H-pyrrole nitrogens is 1. The van der Waals surface area contributed by atoms with Crippen LogP contribution in [0, 0.1) is 5.92 Å². The summed E-state index contributed by atoms with van der Waals surface area (Å²) in [6.07, 6.45) is 4.25. The van der Waals surface area contributed by atoms with Crippen molar-refractivity contribution >= 4 is 47.9 Å². The van der Waals surface area contributed by atoms with Crippen molar-refractivity contribution in [2.24, 2.45) is 5.92 Å². The molecule has 0 radical (unpaired) electrons. The number of aromatic amines is 1. The lowest BCUT2D eigenvalue weighted by atomic mass is 9.66. The zero-order valence-corrected chi connectivity index (χ0v) is 36.5. The highest BCUT2D eigenvalue weighted by atomic mass is 32.1. The monoisotopic (exact) mass is 831 g/mol. The SMILES string of the molecule is CN(CCCOc1ccc(CNC[C@H](O[Si](C)(C)C(C)(C)C)c2ccc(O)c3[nH]c(=O)ccc23)cc1)[C@H]1CC[C@H](C(C(=O)OO)(c2cccs2)c2cccs2)CC1. The molecule has 4 N–H and O–H groups in total. The zero-order valence-electron chi connectivity index (χ0n) is 33.9. The van der Waals surface area contributed by atoms with E-state index in [2.05, 4.69) is 73.1 Å². The van der Waals surface area contributed by atoms with Gasteiger partial charge in [-0.1, -0.05) is 51.1 Å². The molecule has 3 heterocycles. The number of phenols is 1. The van der Waals surface area contributed by atoms with E-state index in [9.17, 15) is 20.0 Å². The third-order valence-electron chi connectivity index (χ3n) is 12.2. The summed E-state index contributed by atoms with van der Waals surface area (Å²) in [5.74, 6) is 0.311. The second kappa shape index (κ2) is 18.4. The fraction of sp³-hybridized carbons (Fsp3) is 0.455. The van der Waals surface area contributed by atoms with E-state index in [1.807, 2.05) is 53.2 Å². The van der Waals surface area contributed by atoms with Gasteiger partial charge in [0.25, 0.3) is 0 Å². The van der Waals surface area contributed by atoms with Crippen molar-refractivity contribution in [2.45, 2.75) is 95.1 Å². The van der Waals surface area contributed by atoms with Crippen LogP contribution in [0.15, 0.2) is 88.4 Å². The predicted molar refractivity (Wildman–Crippen MR) is 232 cm³/mol. The summed E-state index contributed by atoms with van der Waals surface area (Å²) in [7, 11) is -0.00923. The Kier molecular flexibility index (Phi) is 13.8. The Morgan fingerprint density at radius 1 is 0.965 bits per heavy atom. The number of phenolic OH excluding ortho intramolecular Hbond substituents is 1. The standard InChI is InChI=1S/C44H57N3O7S2Si/c1-43(2,3)57(5,6)54-37(34-20-22-36(48)41-35(34)21-23-40(49)46-41)29-45-28-30-12-18-33(19-13-30)52-25-9-24-47(4)32-16-14-31(15-17-32)44(42(50)53-51,38-10-7-26-55-38)39-11-8-27-56-39/h7-8,10-13,18-23,26-27,31-32,37,45,48,51H,9,14-17,24-25,28-29H2,1-6H3,(H,46,49)/t31-,32-,37-/m0/s1. The van der Waals surface area contributed by atoms with E-state index in [-0.39, 0.29) is 28.4 Å². The topological polar surface area (TPSA) is 133 Å². The van der Waals surface area contributed by atoms with Crippen LogP contribution in [-0.2, 0) is 26.1 Å². The van der Waals surface area contributed by atoms with Gasteiger partial charge in [0.05, 0.1) is 18.2 Å². The summed E-state index contributed by atoms with van der Waals surface area (Å²) in [4.78, 5) is 37.0. The Morgan fingerprint density at radius 2 is 1.63 bits per heavy atom. The van der Waals surface area contributed by atoms with Gasteiger partial charge in [-0.15, -0.1) is 22.7 Å². The number of nitrogens with one attached hydrogen (secondary N) is 2. The number of carbonyl (C=O) groups excluding carboxylic acids is 1. The average molecular weight is 832 g/mol. The molecule has 1 saturated carbocycles. The molecule has 13 heteroatoms. The number of carbonyl (C=O) groups is 1. The Morgan fingerprint density at radius 3 is 2.23 bits per heavy atom. The first-order valence-electron chi connectivity index (χ1n) is 19.8. The number of thiophene rings is 2. The van der Waals surface area contributed by atoms with Crippen molar-refractivity contribution in [1.82, 2.24) is 15.2 Å². The maximum atomic E-state index is 13.4. The number of benzene rings is 2. The summed E-state index contributed by atoms with van der Waals surface area (Å²) in [6, 6.07) is 23.3. The molecule has 0 saturated heterocycles. The molecule has 1 fully saturated rings. The molecule has 2 aromatic carbocycles. The molecule has 0 aliphatic heterocycles. The number of aromatic nitrogens is 1. The van der Waals surface area contributed by atoms with E-state index in [1.165, 1.54) is 6.07 Å². The minimum atomic E-state index is -2.18. The van der Waals surface area contributed by atoms with Crippen molar-refractivity contribution in [2.75, 3.05) is 26.7 Å². The Labute approximate surface area is 344 Å². The van der Waals surface area contributed by atoms with Gasteiger partial charge >= 0.3 is 5.97 Å². The number of ether oxygens (including phenoxy) is 1. The van der Waals surface area contributed by atoms with E-state index in [0.717, 1.165) is 70.7 Å². The number of nitrogens with zero attached hydrogens (tertiary/aromatic N) is 1. The Hall–Kier alpha value is -3.82. The van der Waals surface area contributed by atoms with Crippen LogP contribution in [-0.4, -0.2) is 67.3 Å². The third-order valence-corrected chi connectivity index (χ3v) is 18.7. The molecule has 0 spiro atoms. The van der Waals surface area contributed by atoms with Crippen LogP contribution in [0.3, 0.4) is 0 Å². The molecule has 306 valence electrons. The van der Waals surface area contributed by atoms with Gasteiger partial charge in [-0.2, -0.15) is 5.26 Å². The lowest BCUT2D eigenvalue weighted by Gasteiger charge is -2.42. The van der Waals surface area contributed by atoms with E-state index < -0.39 is 19.7 Å². The fourth-order valence-corrected chi connectivity index (χ4v) is 11.3. The number of hydrogen-bond donors (Lipinski definition) is 4. The third kappa shape index (κ3) is 9.57. The molecule has 0 bridgehead atoms. The van der Waals surface area contributed by atoms with E-state index in [1.54, 1.807) is 34.8 Å². The number of fused-ring (bicyclic) bond motifs is 1. The number of pyridine rings is 1. The highest BCUT2D eigenvalue weighted by molar-refractivity contribution is 7.12. The second-order valence-electron chi connectivity index (χ2n) is 16.8. The first-order chi connectivity index (χ1) is 27.2. The predicted octanol–water partition coefficient (Wildman–Crippen LogP) is 9.47. The van der Waals surface area contributed by atoms with Crippen LogP contribution in [0.1, 0.15) is 79.9 Å². The molecule has 0 unspecified atom stereocenters. The molecule has 3 aromatic heterocycles. The summed E-state index contributed by atoms with van der Waals surface area (Å²) < 4.78 is 13.1. The first-order valence-corrected chi connectivity index (χ1v) is 24.5. The lowest BCUT2D eigenvalue weighted by molar-refractivity contribution is -0.241. The van der Waals surface area contributed by atoms with Gasteiger partial charge in [-0.3, -0.25) is 9.68 Å². The number of rotatable bonds is 17. The van der Waals surface area contributed by atoms with Crippen LogP contribution < -0.4 is 15.6 Å². The summed E-state index contributed by atoms with van der Waals surface area (Å²) in [5, 5.41) is 28.5. The summed E-state index contributed by atoms with van der Waals surface area (Å²) in [6.45, 7) is 13.8. The molecule has 5 aromatic rings. The minimum absolute atomic E-state index is 0.000661. The molecule has 1 aliphatic carbocycles. The van der Waals surface area contributed by atoms with E-state index in [0.29, 0.717) is 31.3 Å². The second-order valence-corrected chi connectivity index (χ2v) is 23.4. The number of hydrogen-bond acceptors (Lipinski definition) is 11. The van der Waals surface area contributed by atoms with Gasteiger partial charge in [0, 0.05) is 46.9 Å². The van der Waals surface area contributed by atoms with Gasteiger partial charge in [0.1, 0.15) is 16.9 Å². The van der Waals surface area contributed by atoms with E-state index in [4.69, 9.17) is 9.16 Å². The van der Waals surface area contributed by atoms with E-state index >= 15 is 0 Å².